The van der Waals surface area contributed by atoms with E-state index in [0.29, 0.717) is 18.6 Å². The van der Waals surface area contributed by atoms with Gasteiger partial charge in [0.2, 0.25) is 6.79 Å². The second-order valence-corrected chi connectivity index (χ2v) is 6.07. The van der Waals surface area contributed by atoms with Gasteiger partial charge in [0.1, 0.15) is 5.75 Å². The zero-order valence-corrected chi connectivity index (χ0v) is 13.4. The van der Waals surface area contributed by atoms with Crippen LogP contribution in [0.25, 0.3) is 0 Å². The van der Waals surface area contributed by atoms with Crippen molar-refractivity contribution >= 4 is 0 Å². The lowest BCUT2D eigenvalue weighted by Crippen LogP contribution is -2.15. The molecule has 120 valence electrons. The molecule has 0 aromatic heterocycles. The predicted octanol–water partition coefficient (Wildman–Crippen LogP) is 3.37. The highest BCUT2D eigenvalue weighted by molar-refractivity contribution is 5.54. The Morgan fingerprint density at radius 1 is 1.04 bits per heavy atom. The molecule has 0 saturated heterocycles. The van der Waals surface area contributed by atoms with Crippen molar-refractivity contribution in [2.45, 2.75) is 12.3 Å². The van der Waals surface area contributed by atoms with Crippen LogP contribution in [0, 0.1) is 5.92 Å². The molecule has 0 amide bonds. The van der Waals surface area contributed by atoms with Gasteiger partial charge in [-0.2, -0.15) is 0 Å². The molecule has 0 spiro atoms. The molecule has 0 fully saturated rings. The molecule has 4 heteroatoms. The van der Waals surface area contributed by atoms with Crippen LogP contribution in [-0.4, -0.2) is 27.6 Å². The van der Waals surface area contributed by atoms with Gasteiger partial charge in [0.25, 0.3) is 0 Å². The minimum Gasteiger partial charge on any atom is -0.497 e. The summed E-state index contributed by atoms with van der Waals surface area (Å²) in [5, 5.41) is 0. The lowest BCUT2D eigenvalue weighted by molar-refractivity contribution is 0.149. The highest BCUT2D eigenvalue weighted by Crippen LogP contribution is 2.47. The number of hydrogen-bond donors (Lipinski definition) is 0. The molecule has 1 aliphatic carbocycles. The smallest absolute Gasteiger partial charge is 0.231 e. The van der Waals surface area contributed by atoms with E-state index < -0.39 is 0 Å². The van der Waals surface area contributed by atoms with E-state index in [4.69, 9.17) is 18.9 Å². The van der Waals surface area contributed by atoms with E-state index in [9.17, 15) is 0 Å². The Kier molecular flexibility index (Phi) is 3.62. The van der Waals surface area contributed by atoms with Gasteiger partial charge in [0.15, 0.2) is 11.5 Å². The molecule has 2 aromatic rings. The van der Waals surface area contributed by atoms with E-state index in [1.807, 2.05) is 12.1 Å². The molecule has 4 nitrogen and oxygen atoms in total. The fourth-order valence-corrected chi connectivity index (χ4v) is 3.75. The number of hydrogen-bond acceptors (Lipinski definition) is 4. The standard InChI is InChI=1S/C19H20O4/c1-20-10-14-7-13-8-17-18(23-11-22-17)9-16(13)19(14)12-3-5-15(21-2)6-4-12/h3-6,8-9,14,19H,7,10-11H2,1-2H3/t14-,19-/m0/s1. The average Bonchev–Trinajstić information content (AvgIpc) is 3.16. The average molecular weight is 312 g/mol. The van der Waals surface area contributed by atoms with Gasteiger partial charge in [-0.25, -0.2) is 0 Å². The van der Waals surface area contributed by atoms with Gasteiger partial charge in [-0.05, 0) is 53.3 Å². The topological polar surface area (TPSA) is 36.9 Å². The van der Waals surface area contributed by atoms with Crippen molar-refractivity contribution in [1.82, 2.24) is 0 Å². The monoisotopic (exact) mass is 312 g/mol. The molecule has 0 N–H and O–H groups in total. The summed E-state index contributed by atoms with van der Waals surface area (Å²) in [7, 11) is 3.45. The Bertz CT molecular complexity index is 708. The SMILES string of the molecule is COC[C@@H]1Cc2cc3c(cc2[C@H]1c1ccc(OC)cc1)OCO3. The first-order valence-corrected chi connectivity index (χ1v) is 7.85. The van der Waals surface area contributed by atoms with Gasteiger partial charge in [0.05, 0.1) is 13.7 Å². The van der Waals surface area contributed by atoms with Crippen LogP contribution in [-0.2, 0) is 11.2 Å². The largest absolute Gasteiger partial charge is 0.497 e. The lowest BCUT2D eigenvalue weighted by atomic mass is 9.86. The molecule has 2 aromatic carbocycles. The second kappa shape index (κ2) is 5.78. The Balaban J connectivity index is 1.76. The molecule has 0 saturated carbocycles. The van der Waals surface area contributed by atoms with E-state index >= 15 is 0 Å². The summed E-state index contributed by atoms with van der Waals surface area (Å²) >= 11 is 0. The molecular formula is C19H20O4. The van der Waals surface area contributed by atoms with Crippen molar-refractivity contribution in [1.29, 1.82) is 0 Å². The van der Waals surface area contributed by atoms with Crippen molar-refractivity contribution in [3.63, 3.8) is 0 Å². The van der Waals surface area contributed by atoms with Crippen LogP contribution in [0.2, 0.25) is 0 Å². The quantitative estimate of drug-likeness (QED) is 0.867. The number of ether oxygens (including phenoxy) is 4. The van der Waals surface area contributed by atoms with Crippen molar-refractivity contribution < 1.29 is 18.9 Å². The van der Waals surface area contributed by atoms with Crippen LogP contribution in [0.5, 0.6) is 17.2 Å². The van der Waals surface area contributed by atoms with E-state index in [1.165, 1.54) is 16.7 Å². The molecular weight excluding hydrogens is 292 g/mol. The maximum Gasteiger partial charge on any atom is 0.231 e. The number of fused-ring (bicyclic) bond motifs is 2. The maximum atomic E-state index is 5.57. The zero-order chi connectivity index (χ0) is 15.8. The van der Waals surface area contributed by atoms with Gasteiger partial charge in [-0.3, -0.25) is 0 Å². The Hall–Kier alpha value is -2.20. The van der Waals surface area contributed by atoms with Crippen LogP contribution in [0.3, 0.4) is 0 Å². The number of benzene rings is 2. The van der Waals surface area contributed by atoms with Crippen LogP contribution < -0.4 is 14.2 Å². The first-order valence-electron chi connectivity index (χ1n) is 7.85. The summed E-state index contributed by atoms with van der Waals surface area (Å²) < 4.78 is 21.8. The van der Waals surface area contributed by atoms with Crippen LogP contribution in [0.15, 0.2) is 36.4 Å². The first kappa shape index (κ1) is 14.4. The van der Waals surface area contributed by atoms with Crippen molar-refractivity contribution in [2.75, 3.05) is 27.6 Å². The van der Waals surface area contributed by atoms with Crippen molar-refractivity contribution in [3.05, 3.63) is 53.1 Å². The summed E-state index contributed by atoms with van der Waals surface area (Å²) in [5.41, 5.74) is 3.93. The highest BCUT2D eigenvalue weighted by atomic mass is 16.7. The third-order valence-electron chi connectivity index (χ3n) is 4.78. The van der Waals surface area contributed by atoms with E-state index in [-0.39, 0.29) is 0 Å². The van der Waals surface area contributed by atoms with E-state index in [2.05, 4.69) is 24.3 Å². The molecule has 0 unspecified atom stereocenters. The molecule has 2 atom stereocenters. The first-order chi connectivity index (χ1) is 11.3. The Morgan fingerprint density at radius 2 is 1.78 bits per heavy atom. The molecule has 0 bridgehead atoms. The minimum absolute atomic E-state index is 0.311. The van der Waals surface area contributed by atoms with Crippen LogP contribution in [0.1, 0.15) is 22.6 Å². The van der Waals surface area contributed by atoms with Crippen molar-refractivity contribution in [3.8, 4) is 17.2 Å². The van der Waals surface area contributed by atoms with Crippen molar-refractivity contribution in [2.24, 2.45) is 5.92 Å². The minimum atomic E-state index is 0.311. The predicted molar refractivity (Wildman–Crippen MR) is 86.5 cm³/mol. The zero-order valence-electron chi connectivity index (χ0n) is 13.4. The maximum absolute atomic E-state index is 5.57. The third kappa shape index (κ3) is 2.43. The third-order valence-corrected chi connectivity index (χ3v) is 4.78. The lowest BCUT2D eigenvalue weighted by Gasteiger charge is -2.21. The molecule has 0 radical (unpaired) electrons. The summed E-state index contributed by atoms with van der Waals surface area (Å²) in [6.45, 7) is 1.05. The molecule has 2 aliphatic rings. The summed E-state index contributed by atoms with van der Waals surface area (Å²) in [6.07, 6.45) is 0.997. The summed E-state index contributed by atoms with van der Waals surface area (Å²) in [5.74, 6) is 3.31. The summed E-state index contributed by atoms with van der Waals surface area (Å²) in [6, 6.07) is 12.6. The van der Waals surface area contributed by atoms with Crippen LogP contribution in [0.4, 0.5) is 0 Å². The molecule has 4 rings (SSSR count). The molecule has 1 heterocycles. The normalized spacial score (nSPS) is 21.3. The van der Waals surface area contributed by atoms with Gasteiger partial charge in [0, 0.05) is 13.0 Å². The second-order valence-electron chi connectivity index (χ2n) is 6.07. The molecule has 1 aliphatic heterocycles. The van der Waals surface area contributed by atoms with Crippen LogP contribution >= 0.6 is 0 Å². The number of methoxy groups -OCH3 is 2. The van der Waals surface area contributed by atoms with E-state index in [1.54, 1.807) is 14.2 Å². The highest BCUT2D eigenvalue weighted by Gasteiger charge is 2.35. The Labute approximate surface area is 135 Å². The van der Waals surface area contributed by atoms with Gasteiger partial charge >= 0.3 is 0 Å². The van der Waals surface area contributed by atoms with Gasteiger partial charge in [-0.15, -0.1) is 0 Å². The Morgan fingerprint density at radius 3 is 2.48 bits per heavy atom. The van der Waals surface area contributed by atoms with Gasteiger partial charge < -0.3 is 18.9 Å². The fraction of sp³-hybridized carbons (Fsp3) is 0.368. The summed E-state index contributed by atoms with van der Waals surface area (Å²) in [4.78, 5) is 0. The number of rotatable bonds is 4. The molecule has 23 heavy (non-hydrogen) atoms. The van der Waals surface area contributed by atoms with E-state index in [0.717, 1.165) is 30.3 Å². The fourth-order valence-electron chi connectivity index (χ4n) is 3.75. The van der Waals surface area contributed by atoms with Gasteiger partial charge in [-0.1, -0.05) is 12.1 Å².